The second-order valence-corrected chi connectivity index (χ2v) is 4.16. The maximum Gasteiger partial charge on any atom is 0.335 e. The zero-order chi connectivity index (χ0) is 11.9. The average Bonchev–Trinajstić information content (AvgIpc) is 2.56. The van der Waals surface area contributed by atoms with Crippen LogP contribution in [0.1, 0.15) is 35.9 Å². The van der Waals surface area contributed by atoms with Gasteiger partial charge in [-0.15, -0.1) is 0 Å². The molecule has 1 N–H and O–H groups in total. The molecule has 0 aliphatic rings. The molecule has 2 aromatic rings. The van der Waals surface area contributed by atoms with Crippen LogP contribution >= 0.6 is 0 Å². The normalized spacial score (nSPS) is 11.2. The minimum absolute atomic E-state index is 0.270. The van der Waals surface area contributed by atoms with Gasteiger partial charge in [-0.3, -0.25) is 4.68 Å². The zero-order valence-corrected chi connectivity index (χ0v) is 9.56. The Kier molecular flexibility index (Phi) is 2.42. The maximum absolute atomic E-state index is 10.9. The second-order valence-electron chi connectivity index (χ2n) is 4.16. The summed E-state index contributed by atoms with van der Waals surface area (Å²) in [5.41, 5.74) is 2.16. The topological polar surface area (TPSA) is 55.1 Å². The van der Waals surface area contributed by atoms with Crippen molar-refractivity contribution in [3.63, 3.8) is 0 Å². The van der Waals surface area contributed by atoms with Crippen LogP contribution in [0.3, 0.4) is 0 Å². The Hall–Kier alpha value is -1.84. The Morgan fingerprint density at radius 2 is 2.12 bits per heavy atom. The molecule has 0 saturated heterocycles. The standard InChI is InChI=1S/C12H14N2O2/c1-7(2)14-11-5-4-9(12(15)16)6-10(11)8(3)13-14/h4-7H,1-3H3,(H,15,16). The predicted molar refractivity (Wildman–Crippen MR) is 61.8 cm³/mol. The number of aryl methyl sites for hydroxylation is 1. The number of carboxylic acids is 1. The predicted octanol–water partition coefficient (Wildman–Crippen LogP) is 2.62. The van der Waals surface area contributed by atoms with Crippen LogP contribution in [0.25, 0.3) is 10.9 Å². The highest BCUT2D eigenvalue weighted by molar-refractivity contribution is 5.94. The number of hydrogen-bond acceptors (Lipinski definition) is 2. The molecular formula is C12H14N2O2. The van der Waals surface area contributed by atoms with Gasteiger partial charge in [-0.05, 0) is 39.0 Å². The number of fused-ring (bicyclic) bond motifs is 1. The molecule has 16 heavy (non-hydrogen) atoms. The molecule has 4 nitrogen and oxygen atoms in total. The van der Waals surface area contributed by atoms with E-state index < -0.39 is 5.97 Å². The van der Waals surface area contributed by atoms with Crippen molar-refractivity contribution >= 4 is 16.9 Å². The van der Waals surface area contributed by atoms with Crippen molar-refractivity contribution in [1.29, 1.82) is 0 Å². The first-order chi connectivity index (χ1) is 7.50. The lowest BCUT2D eigenvalue weighted by Gasteiger charge is -2.06. The first kappa shape index (κ1) is 10.7. The van der Waals surface area contributed by atoms with Gasteiger partial charge in [0.25, 0.3) is 0 Å². The monoisotopic (exact) mass is 218 g/mol. The quantitative estimate of drug-likeness (QED) is 0.843. The minimum Gasteiger partial charge on any atom is -0.478 e. The molecule has 1 aromatic carbocycles. The molecule has 0 unspecified atom stereocenters. The van der Waals surface area contributed by atoms with E-state index in [1.54, 1.807) is 12.1 Å². The van der Waals surface area contributed by atoms with Crippen LogP contribution in [0.4, 0.5) is 0 Å². The molecule has 0 radical (unpaired) electrons. The smallest absolute Gasteiger partial charge is 0.335 e. The van der Waals surface area contributed by atoms with E-state index in [0.29, 0.717) is 5.56 Å². The summed E-state index contributed by atoms with van der Waals surface area (Å²) in [4.78, 5) is 10.9. The maximum atomic E-state index is 10.9. The van der Waals surface area contributed by atoms with Gasteiger partial charge < -0.3 is 5.11 Å². The molecule has 0 atom stereocenters. The summed E-state index contributed by atoms with van der Waals surface area (Å²) in [6.45, 7) is 6.00. The number of carbonyl (C=O) groups is 1. The minimum atomic E-state index is -0.904. The number of carboxylic acid groups (broad SMARTS) is 1. The van der Waals surface area contributed by atoms with Crippen LogP contribution in [-0.4, -0.2) is 20.9 Å². The third-order valence-electron chi connectivity index (χ3n) is 2.63. The molecule has 0 saturated carbocycles. The average molecular weight is 218 g/mol. The van der Waals surface area contributed by atoms with E-state index in [4.69, 9.17) is 5.11 Å². The fraction of sp³-hybridized carbons (Fsp3) is 0.333. The van der Waals surface area contributed by atoms with Crippen LogP contribution in [0, 0.1) is 6.92 Å². The van der Waals surface area contributed by atoms with E-state index in [-0.39, 0.29) is 6.04 Å². The molecule has 2 rings (SSSR count). The van der Waals surface area contributed by atoms with Crippen LogP contribution in [0.5, 0.6) is 0 Å². The van der Waals surface area contributed by atoms with Gasteiger partial charge in [0, 0.05) is 11.4 Å². The van der Waals surface area contributed by atoms with Gasteiger partial charge in [-0.2, -0.15) is 5.10 Å². The Bertz CT molecular complexity index is 555. The largest absolute Gasteiger partial charge is 0.478 e. The number of hydrogen-bond donors (Lipinski definition) is 1. The third-order valence-corrected chi connectivity index (χ3v) is 2.63. The molecule has 1 heterocycles. The summed E-state index contributed by atoms with van der Waals surface area (Å²) in [5.74, 6) is -0.904. The van der Waals surface area contributed by atoms with E-state index in [1.807, 2.05) is 17.7 Å². The highest BCUT2D eigenvalue weighted by Gasteiger charge is 2.12. The number of rotatable bonds is 2. The summed E-state index contributed by atoms with van der Waals surface area (Å²) in [5, 5.41) is 14.2. The van der Waals surface area contributed by atoms with Crippen LogP contribution in [-0.2, 0) is 0 Å². The lowest BCUT2D eigenvalue weighted by atomic mass is 10.1. The Labute approximate surface area is 93.5 Å². The van der Waals surface area contributed by atoms with Crippen molar-refractivity contribution in [3.8, 4) is 0 Å². The number of aromatic nitrogens is 2. The van der Waals surface area contributed by atoms with Gasteiger partial charge in [-0.1, -0.05) is 0 Å². The van der Waals surface area contributed by atoms with Crippen molar-refractivity contribution < 1.29 is 9.90 Å². The highest BCUT2D eigenvalue weighted by atomic mass is 16.4. The van der Waals surface area contributed by atoms with E-state index in [9.17, 15) is 4.79 Å². The highest BCUT2D eigenvalue weighted by Crippen LogP contribution is 2.22. The lowest BCUT2D eigenvalue weighted by Crippen LogP contribution is -2.02. The summed E-state index contributed by atoms with van der Waals surface area (Å²) in [6.07, 6.45) is 0. The van der Waals surface area contributed by atoms with Crippen LogP contribution in [0.2, 0.25) is 0 Å². The molecule has 84 valence electrons. The van der Waals surface area contributed by atoms with Crippen LogP contribution in [0.15, 0.2) is 18.2 Å². The summed E-state index contributed by atoms with van der Waals surface area (Å²) in [7, 11) is 0. The van der Waals surface area contributed by atoms with Gasteiger partial charge in [-0.25, -0.2) is 4.79 Å². The Morgan fingerprint density at radius 1 is 1.44 bits per heavy atom. The Balaban J connectivity index is 2.71. The van der Waals surface area contributed by atoms with Gasteiger partial charge in [0.1, 0.15) is 0 Å². The zero-order valence-electron chi connectivity index (χ0n) is 9.56. The van der Waals surface area contributed by atoms with E-state index in [1.165, 1.54) is 0 Å². The molecule has 0 spiro atoms. The lowest BCUT2D eigenvalue weighted by molar-refractivity contribution is 0.0697. The first-order valence-electron chi connectivity index (χ1n) is 5.23. The number of nitrogens with zero attached hydrogens (tertiary/aromatic N) is 2. The number of aromatic carboxylic acids is 1. The molecule has 0 aliphatic carbocycles. The summed E-state index contributed by atoms with van der Waals surface area (Å²) in [6, 6.07) is 5.38. The molecule has 1 aromatic heterocycles. The van der Waals surface area contributed by atoms with Gasteiger partial charge >= 0.3 is 5.97 Å². The van der Waals surface area contributed by atoms with Crippen LogP contribution < -0.4 is 0 Å². The molecule has 4 heteroatoms. The third kappa shape index (κ3) is 1.56. The van der Waals surface area contributed by atoms with E-state index >= 15 is 0 Å². The van der Waals surface area contributed by atoms with Gasteiger partial charge in [0.2, 0.25) is 0 Å². The van der Waals surface area contributed by atoms with Crippen molar-refractivity contribution in [1.82, 2.24) is 9.78 Å². The van der Waals surface area contributed by atoms with Crippen molar-refractivity contribution in [2.45, 2.75) is 26.8 Å². The van der Waals surface area contributed by atoms with E-state index in [2.05, 4.69) is 18.9 Å². The van der Waals surface area contributed by atoms with Crippen molar-refractivity contribution in [2.24, 2.45) is 0 Å². The molecule has 0 bridgehead atoms. The Morgan fingerprint density at radius 3 is 2.69 bits per heavy atom. The van der Waals surface area contributed by atoms with Gasteiger partial charge in [0.15, 0.2) is 0 Å². The van der Waals surface area contributed by atoms with Crippen molar-refractivity contribution in [2.75, 3.05) is 0 Å². The fourth-order valence-electron chi connectivity index (χ4n) is 1.82. The molecular weight excluding hydrogens is 204 g/mol. The van der Waals surface area contributed by atoms with E-state index in [0.717, 1.165) is 16.6 Å². The fourth-order valence-corrected chi connectivity index (χ4v) is 1.82. The summed E-state index contributed by atoms with van der Waals surface area (Å²) < 4.78 is 1.91. The SMILES string of the molecule is Cc1nn(C(C)C)c2ccc(C(=O)O)cc12. The first-order valence-corrected chi connectivity index (χ1v) is 5.23. The molecule has 0 aliphatic heterocycles. The number of benzene rings is 1. The molecule has 0 amide bonds. The second kappa shape index (κ2) is 3.63. The van der Waals surface area contributed by atoms with Gasteiger partial charge in [0.05, 0.1) is 16.8 Å². The summed E-state index contributed by atoms with van der Waals surface area (Å²) >= 11 is 0. The van der Waals surface area contributed by atoms with Crippen molar-refractivity contribution in [3.05, 3.63) is 29.5 Å². The molecule has 0 fully saturated rings.